The summed E-state index contributed by atoms with van der Waals surface area (Å²) in [4.78, 5) is 13.8. The zero-order chi connectivity index (χ0) is 18.6. The number of halogens is 1. The molecule has 1 N–H and O–H groups in total. The predicted octanol–water partition coefficient (Wildman–Crippen LogP) is 4.67. The Morgan fingerprint density at radius 2 is 1.81 bits per heavy atom. The van der Waals surface area contributed by atoms with Crippen LogP contribution in [-0.2, 0) is 6.54 Å². The van der Waals surface area contributed by atoms with Gasteiger partial charge in [-0.05, 0) is 35.7 Å². The number of hydrogen-bond acceptors (Lipinski definition) is 3. The monoisotopic (exact) mass is 377 g/mol. The number of nitrogens with one attached hydrogen (secondary N) is 1. The largest absolute Gasteiger partial charge is 0.347 e. The van der Waals surface area contributed by atoms with Gasteiger partial charge in [-0.1, -0.05) is 42.5 Å². The summed E-state index contributed by atoms with van der Waals surface area (Å²) in [6.45, 7) is 0.111. The number of benzene rings is 2. The second-order valence-electron chi connectivity index (χ2n) is 5.91. The minimum atomic E-state index is -0.339. The average Bonchev–Trinajstić information content (AvgIpc) is 3.37. The first-order chi connectivity index (χ1) is 13.2. The van der Waals surface area contributed by atoms with Crippen molar-refractivity contribution in [2.24, 2.45) is 0 Å². The van der Waals surface area contributed by atoms with E-state index in [0.29, 0.717) is 11.3 Å². The Hall–Kier alpha value is -3.25. The molecular formula is C21H16FN3OS. The highest BCUT2D eigenvalue weighted by Gasteiger charge is 2.18. The highest BCUT2D eigenvalue weighted by atomic mass is 32.1. The molecule has 0 saturated carbocycles. The van der Waals surface area contributed by atoms with Crippen LogP contribution < -0.4 is 5.32 Å². The molecule has 0 fully saturated rings. The summed E-state index contributed by atoms with van der Waals surface area (Å²) in [5.41, 5.74) is 2.36. The first-order valence-electron chi connectivity index (χ1n) is 8.43. The van der Waals surface area contributed by atoms with E-state index in [1.807, 2.05) is 47.8 Å². The number of rotatable bonds is 5. The molecule has 134 valence electrons. The first-order valence-corrected chi connectivity index (χ1v) is 9.31. The predicted molar refractivity (Wildman–Crippen MR) is 104 cm³/mol. The van der Waals surface area contributed by atoms with Crippen molar-refractivity contribution in [2.75, 3.05) is 0 Å². The molecule has 2 aromatic carbocycles. The third kappa shape index (κ3) is 3.66. The molecule has 0 aliphatic heterocycles. The van der Waals surface area contributed by atoms with E-state index in [-0.39, 0.29) is 18.3 Å². The number of amides is 1. The van der Waals surface area contributed by atoms with Crippen LogP contribution in [0.5, 0.6) is 0 Å². The van der Waals surface area contributed by atoms with E-state index in [0.717, 1.165) is 16.3 Å². The lowest BCUT2D eigenvalue weighted by atomic mass is 10.2. The first kappa shape index (κ1) is 17.2. The van der Waals surface area contributed by atoms with E-state index in [1.165, 1.54) is 6.07 Å². The fourth-order valence-corrected chi connectivity index (χ4v) is 3.44. The Kier molecular flexibility index (Phi) is 4.80. The summed E-state index contributed by atoms with van der Waals surface area (Å²) in [5.74, 6) is -0.647. The molecule has 0 aliphatic rings. The smallest absolute Gasteiger partial charge is 0.270 e. The van der Waals surface area contributed by atoms with Crippen molar-refractivity contribution in [3.63, 3.8) is 0 Å². The van der Waals surface area contributed by atoms with Crippen LogP contribution in [0.1, 0.15) is 16.1 Å². The lowest BCUT2D eigenvalue weighted by Gasteiger charge is -2.09. The lowest BCUT2D eigenvalue weighted by Crippen LogP contribution is -2.25. The maximum atomic E-state index is 13.8. The topological polar surface area (TPSA) is 46.9 Å². The van der Waals surface area contributed by atoms with Gasteiger partial charge in [0.15, 0.2) is 0 Å². The summed E-state index contributed by atoms with van der Waals surface area (Å²) in [7, 11) is 0. The number of thiophene rings is 1. The van der Waals surface area contributed by atoms with Gasteiger partial charge in [0.05, 0.1) is 10.6 Å². The van der Waals surface area contributed by atoms with Gasteiger partial charge in [-0.2, -0.15) is 5.10 Å². The van der Waals surface area contributed by atoms with E-state index in [4.69, 9.17) is 0 Å². The molecule has 4 rings (SSSR count). The number of hydrogen-bond donors (Lipinski definition) is 1. The van der Waals surface area contributed by atoms with Gasteiger partial charge in [-0.25, -0.2) is 9.07 Å². The van der Waals surface area contributed by atoms with E-state index in [1.54, 1.807) is 40.3 Å². The van der Waals surface area contributed by atoms with Crippen LogP contribution in [0.3, 0.4) is 0 Å². The van der Waals surface area contributed by atoms with Crippen LogP contribution >= 0.6 is 11.3 Å². The van der Waals surface area contributed by atoms with Crippen LogP contribution in [0.25, 0.3) is 16.3 Å². The van der Waals surface area contributed by atoms with E-state index in [9.17, 15) is 9.18 Å². The number of aromatic nitrogens is 2. The van der Waals surface area contributed by atoms with Gasteiger partial charge in [0.1, 0.15) is 17.2 Å². The summed E-state index contributed by atoms with van der Waals surface area (Å²) in [5, 5.41) is 9.36. The molecule has 2 heterocycles. The molecular weight excluding hydrogens is 361 g/mol. The Bertz CT molecular complexity index is 1060. The molecule has 27 heavy (non-hydrogen) atoms. The molecule has 0 radical (unpaired) electrons. The van der Waals surface area contributed by atoms with Gasteiger partial charge in [-0.15, -0.1) is 11.3 Å². The van der Waals surface area contributed by atoms with Crippen molar-refractivity contribution in [3.05, 3.63) is 95.3 Å². The van der Waals surface area contributed by atoms with Gasteiger partial charge in [0.25, 0.3) is 5.91 Å². The fourth-order valence-electron chi connectivity index (χ4n) is 2.76. The molecule has 2 aromatic heterocycles. The van der Waals surface area contributed by atoms with Crippen LogP contribution in [0, 0.1) is 5.82 Å². The summed E-state index contributed by atoms with van der Waals surface area (Å²) < 4.78 is 15.4. The Morgan fingerprint density at radius 1 is 1.04 bits per heavy atom. The Morgan fingerprint density at radius 3 is 2.56 bits per heavy atom. The van der Waals surface area contributed by atoms with Crippen LogP contribution in [0.2, 0.25) is 0 Å². The second-order valence-corrected chi connectivity index (χ2v) is 6.86. The van der Waals surface area contributed by atoms with Crippen molar-refractivity contribution >= 4 is 17.2 Å². The minimum Gasteiger partial charge on any atom is -0.347 e. The van der Waals surface area contributed by atoms with Crippen LogP contribution in [-0.4, -0.2) is 15.7 Å². The van der Waals surface area contributed by atoms with Crippen molar-refractivity contribution in [3.8, 4) is 16.3 Å². The number of para-hydroxylation sites is 1. The lowest BCUT2D eigenvalue weighted by molar-refractivity contribution is 0.0943. The second kappa shape index (κ2) is 7.55. The van der Waals surface area contributed by atoms with Crippen molar-refractivity contribution in [2.45, 2.75) is 6.54 Å². The van der Waals surface area contributed by atoms with Crippen molar-refractivity contribution in [1.82, 2.24) is 15.1 Å². The molecule has 0 spiro atoms. The fraction of sp³-hybridized carbons (Fsp3) is 0.0476. The van der Waals surface area contributed by atoms with Crippen molar-refractivity contribution < 1.29 is 9.18 Å². The van der Waals surface area contributed by atoms with Gasteiger partial charge >= 0.3 is 0 Å². The SMILES string of the molecule is O=C(NCc1ccccc1F)c1cc(-c2cccs2)nn1-c1ccccc1. The highest BCUT2D eigenvalue weighted by molar-refractivity contribution is 7.13. The molecule has 0 aliphatic carbocycles. The minimum absolute atomic E-state index is 0.111. The summed E-state index contributed by atoms with van der Waals surface area (Å²) in [6, 6.07) is 21.5. The molecule has 0 unspecified atom stereocenters. The van der Waals surface area contributed by atoms with E-state index >= 15 is 0 Å². The molecule has 4 aromatic rings. The summed E-state index contributed by atoms with van der Waals surface area (Å²) >= 11 is 1.56. The number of carbonyl (C=O) groups is 1. The molecule has 0 saturated heterocycles. The molecule has 4 nitrogen and oxygen atoms in total. The van der Waals surface area contributed by atoms with E-state index < -0.39 is 0 Å². The maximum Gasteiger partial charge on any atom is 0.270 e. The number of nitrogens with zero attached hydrogens (tertiary/aromatic N) is 2. The zero-order valence-electron chi connectivity index (χ0n) is 14.3. The average molecular weight is 377 g/mol. The van der Waals surface area contributed by atoms with Crippen LogP contribution in [0.15, 0.2) is 78.2 Å². The summed E-state index contributed by atoms with van der Waals surface area (Å²) in [6.07, 6.45) is 0. The quantitative estimate of drug-likeness (QED) is 0.549. The van der Waals surface area contributed by atoms with Gasteiger partial charge in [-0.3, -0.25) is 4.79 Å². The number of carbonyl (C=O) groups excluding carboxylic acids is 1. The Labute approximate surface area is 159 Å². The molecule has 0 atom stereocenters. The third-order valence-electron chi connectivity index (χ3n) is 4.11. The van der Waals surface area contributed by atoms with Crippen LogP contribution in [0.4, 0.5) is 4.39 Å². The molecule has 1 amide bonds. The van der Waals surface area contributed by atoms with E-state index in [2.05, 4.69) is 10.4 Å². The normalized spacial score (nSPS) is 10.7. The van der Waals surface area contributed by atoms with Gasteiger partial charge in [0, 0.05) is 12.1 Å². The van der Waals surface area contributed by atoms with Crippen molar-refractivity contribution in [1.29, 1.82) is 0 Å². The molecule has 6 heteroatoms. The Balaban J connectivity index is 1.66. The van der Waals surface area contributed by atoms with Gasteiger partial charge < -0.3 is 5.32 Å². The third-order valence-corrected chi connectivity index (χ3v) is 5.01. The standard InChI is InChI=1S/C21H16FN3OS/c22-17-10-5-4-7-15(17)14-23-21(26)19-13-18(20-11-6-12-27-20)24-25(19)16-8-2-1-3-9-16/h1-13H,14H2,(H,23,26). The molecule has 0 bridgehead atoms. The highest BCUT2D eigenvalue weighted by Crippen LogP contribution is 2.25. The maximum absolute atomic E-state index is 13.8. The zero-order valence-corrected chi connectivity index (χ0v) is 15.1. The van der Waals surface area contributed by atoms with Gasteiger partial charge in [0.2, 0.25) is 0 Å².